The van der Waals surface area contributed by atoms with Crippen LogP contribution in [-0.4, -0.2) is 0 Å². The fourth-order valence-corrected chi connectivity index (χ4v) is 4.37. The van der Waals surface area contributed by atoms with Gasteiger partial charge in [0, 0.05) is 0 Å². The van der Waals surface area contributed by atoms with Crippen LogP contribution in [0, 0.1) is 5.92 Å². The third-order valence-electron chi connectivity index (χ3n) is 2.15. The summed E-state index contributed by atoms with van der Waals surface area (Å²) in [5.41, 5.74) is 0. The SMILES string of the molecule is [Cl][Hg][CH]=CC1CCCCC1. The molecule has 1 aliphatic carbocycles. The van der Waals surface area contributed by atoms with Crippen molar-refractivity contribution < 1.29 is 23.3 Å². The van der Waals surface area contributed by atoms with Gasteiger partial charge >= 0.3 is 79.3 Å². The zero-order valence-corrected chi connectivity index (χ0v) is 12.6. The van der Waals surface area contributed by atoms with Crippen molar-refractivity contribution in [3.8, 4) is 0 Å². The quantitative estimate of drug-likeness (QED) is 0.674. The number of hydrogen-bond acceptors (Lipinski definition) is 0. The van der Waals surface area contributed by atoms with Crippen molar-refractivity contribution >= 4 is 8.25 Å². The molecule has 0 radical (unpaired) electrons. The van der Waals surface area contributed by atoms with Crippen LogP contribution in [0.1, 0.15) is 32.1 Å². The van der Waals surface area contributed by atoms with Crippen LogP contribution in [0.2, 0.25) is 0 Å². The van der Waals surface area contributed by atoms with Crippen LogP contribution in [0.15, 0.2) is 9.66 Å². The summed E-state index contributed by atoms with van der Waals surface area (Å²) in [7, 11) is 5.76. The van der Waals surface area contributed by atoms with Crippen molar-refractivity contribution in [2.24, 2.45) is 5.92 Å². The third kappa shape index (κ3) is 3.38. The summed E-state index contributed by atoms with van der Waals surface area (Å²) in [6.45, 7) is 0. The molecule has 0 heterocycles. The molecule has 1 saturated carbocycles. The molecule has 0 spiro atoms. The molecule has 0 atom stereocenters. The van der Waals surface area contributed by atoms with Crippen LogP contribution in [-0.2, 0) is 23.3 Å². The first-order chi connectivity index (χ1) is 4.93. The van der Waals surface area contributed by atoms with Gasteiger partial charge in [-0.15, -0.1) is 0 Å². The predicted octanol–water partition coefficient (Wildman–Crippen LogP) is 3.32. The molecule has 0 aromatic carbocycles. The second-order valence-electron chi connectivity index (χ2n) is 2.98. The molecule has 1 rings (SSSR count). The summed E-state index contributed by atoms with van der Waals surface area (Å²) < 4.78 is 2.30. The van der Waals surface area contributed by atoms with Gasteiger partial charge in [-0.1, -0.05) is 0 Å². The summed E-state index contributed by atoms with van der Waals surface area (Å²) in [6.07, 6.45) is 9.55. The zero-order valence-electron chi connectivity index (χ0n) is 6.35. The van der Waals surface area contributed by atoms with Crippen LogP contribution >= 0.6 is 8.25 Å². The Labute approximate surface area is 78.9 Å². The Morgan fingerprint density at radius 3 is 2.50 bits per heavy atom. The Morgan fingerprint density at radius 2 is 1.90 bits per heavy atom. The van der Waals surface area contributed by atoms with E-state index in [1.807, 2.05) is 0 Å². The molecule has 0 amide bonds. The van der Waals surface area contributed by atoms with Crippen LogP contribution in [0.25, 0.3) is 0 Å². The Hall–Kier alpha value is 0.965. The number of hydrogen-bond donors (Lipinski definition) is 0. The van der Waals surface area contributed by atoms with Crippen molar-refractivity contribution in [3.63, 3.8) is 0 Å². The van der Waals surface area contributed by atoms with Gasteiger partial charge in [-0.05, 0) is 0 Å². The monoisotopic (exact) mass is 346 g/mol. The van der Waals surface area contributed by atoms with E-state index in [1.54, 1.807) is 0 Å². The Morgan fingerprint density at radius 1 is 1.20 bits per heavy atom. The maximum absolute atomic E-state index is 5.76. The van der Waals surface area contributed by atoms with Gasteiger partial charge in [0.25, 0.3) is 0 Å². The van der Waals surface area contributed by atoms with Gasteiger partial charge in [0.1, 0.15) is 0 Å². The van der Waals surface area contributed by atoms with Gasteiger partial charge < -0.3 is 0 Å². The van der Waals surface area contributed by atoms with Gasteiger partial charge in [-0.3, -0.25) is 0 Å². The average molecular weight is 345 g/mol. The zero-order chi connectivity index (χ0) is 7.23. The Balaban J connectivity index is 2.19. The van der Waals surface area contributed by atoms with E-state index in [2.05, 4.69) is 9.66 Å². The number of allylic oxidation sites excluding steroid dienone is 1. The van der Waals surface area contributed by atoms with E-state index in [9.17, 15) is 0 Å². The summed E-state index contributed by atoms with van der Waals surface area (Å²) in [4.78, 5) is 0. The van der Waals surface area contributed by atoms with Gasteiger partial charge in [0.05, 0.1) is 0 Å². The molecule has 1 fully saturated rings. The molecule has 0 saturated heterocycles. The van der Waals surface area contributed by atoms with Crippen molar-refractivity contribution in [1.82, 2.24) is 0 Å². The van der Waals surface area contributed by atoms with E-state index in [0.717, 1.165) is 5.92 Å². The third-order valence-corrected chi connectivity index (χ3v) is 5.46. The average Bonchev–Trinajstić information content (AvgIpc) is 2.03. The fraction of sp³-hybridized carbons (Fsp3) is 0.750. The molecule has 54 valence electrons. The Kier molecular flexibility index (Phi) is 5.07. The summed E-state index contributed by atoms with van der Waals surface area (Å²) in [5.74, 6) is 0.896. The van der Waals surface area contributed by atoms with Gasteiger partial charge in [-0.2, -0.15) is 0 Å². The van der Waals surface area contributed by atoms with Crippen molar-refractivity contribution in [1.29, 1.82) is 0 Å². The first-order valence-corrected chi connectivity index (χ1v) is 14.1. The van der Waals surface area contributed by atoms with E-state index < -0.39 is 23.3 Å². The molecule has 1 aliphatic rings. The number of rotatable bonds is 2. The first kappa shape index (κ1) is 9.06. The van der Waals surface area contributed by atoms with E-state index in [4.69, 9.17) is 8.25 Å². The second-order valence-corrected chi connectivity index (χ2v) is 8.72. The van der Waals surface area contributed by atoms with Gasteiger partial charge in [0.15, 0.2) is 0 Å². The van der Waals surface area contributed by atoms with Crippen LogP contribution < -0.4 is 0 Å². The van der Waals surface area contributed by atoms with Crippen molar-refractivity contribution in [2.75, 3.05) is 0 Å². The topological polar surface area (TPSA) is 0 Å². The normalized spacial score (nSPS) is 21.3. The minimum absolute atomic E-state index is 0.896. The minimum atomic E-state index is -0.949. The molecule has 10 heavy (non-hydrogen) atoms. The summed E-state index contributed by atoms with van der Waals surface area (Å²) in [5, 5.41) is 0. The van der Waals surface area contributed by atoms with Crippen molar-refractivity contribution in [2.45, 2.75) is 32.1 Å². The molecular formula is C8H13ClHg. The van der Waals surface area contributed by atoms with Gasteiger partial charge in [0.2, 0.25) is 0 Å². The van der Waals surface area contributed by atoms with Gasteiger partial charge in [-0.25, -0.2) is 0 Å². The molecular weight excluding hydrogens is 332 g/mol. The predicted molar refractivity (Wildman–Crippen MR) is 41.6 cm³/mol. The molecule has 0 nitrogen and oxygen atoms in total. The standard InChI is InChI=1S/C8H13.ClH.Hg/c1-2-8-6-4-3-5-7-8;;/h1-2,8H,3-7H2;1H;/q;;+1/p-1. The summed E-state index contributed by atoms with van der Waals surface area (Å²) in [6, 6.07) is 0. The number of halogens is 1. The molecule has 0 N–H and O–H groups in total. The second kappa shape index (κ2) is 5.59. The van der Waals surface area contributed by atoms with E-state index >= 15 is 0 Å². The molecule has 0 bridgehead atoms. The molecule has 0 aliphatic heterocycles. The Bertz CT molecular complexity index is 106. The van der Waals surface area contributed by atoms with Crippen LogP contribution in [0.4, 0.5) is 0 Å². The van der Waals surface area contributed by atoms with E-state index in [-0.39, 0.29) is 0 Å². The molecule has 0 aromatic rings. The maximum atomic E-state index is 5.76. The van der Waals surface area contributed by atoms with Crippen LogP contribution in [0.3, 0.4) is 0 Å². The fourth-order valence-electron chi connectivity index (χ4n) is 1.57. The first-order valence-electron chi connectivity index (χ1n) is 4.16. The molecule has 0 aromatic heterocycles. The van der Waals surface area contributed by atoms with E-state index in [1.165, 1.54) is 32.1 Å². The summed E-state index contributed by atoms with van der Waals surface area (Å²) >= 11 is -0.949. The van der Waals surface area contributed by atoms with E-state index in [0.29, 0.717) is 0 Å². The van der Waals surface area contributed by atoms with Crippen LogP contribution in [0.5, 0.6) is 0 Å². The molecule has 0 unspecified atom stereocenters. The van der Waals surface area contributed by atoms with Crippen molar-refractivity contribution in [3.05, 3.63) is 9.66 Å². The molecule has 2 heteroatoms.